The van der Waals surface area contributed by atoms with Crippen LogP contribution in [-0.2, 0) is 0 Å². The molecular formula is C12H15FN2O2. The van der Waals surface area contributed by atoms with Gasteiger partial charge in [0.05, 0.1) is 13.2 Å². The van der Waals surface area contributed by atoms with Gasteiger partial charge >= 0.3 is 6.03 Å². The summed E-state index contributed by atoms with van der Waals surface area (Å²) in [5.74, 6) is -0.186. The summed E-state index contributed by atoms with van der Waals surface area (Å²) in [6.45, 7) is 0.571. The van der Waals surface area contributed by atoms with E-state index in [0.717, 1.165) is 5.56 Å². The van der Waals surface area contributed by atoms with E-state index in [-0.39, 0.29) is 17.8 Å². The first kappa shape index (κ1) is 11.7. The minimum Gasteiger partial charge on any atom is -0.494 e. The molecule has 0 aromatic heterocycles. The molecule has 1 aromatic carbocycles. The van der Waals surface area contributed by atoms with Crippen LogP contribution < -0.4 is 4.74 Å². The summed E-state index contributed by atoms with van der Waals surface area (Å²) in [6.07, 6.45) is 0. The largest absolute Gasteiger partial charge is 0.494 e. The fraction of sp³-hybridized carbons (Fsp3) is 0.417. The first-order chi connectivity index (χ1) is 8.04. The minimum absolute atomic E-state index is 0.0498. The van der Waals surface area contributed by atoms with Crippen LogP contribution in [0.3, 0.4) is 0 Å². The van der Waals surface area contributed by atoms with E-state index < -0.39 is 5.82 Å². The summed E-state index contributed by atoms with van der Waals surface area (Å²) in [5, 5.41) is 0. The number of carbonyl (C=O) groups is 1. The molecule has 0 radical (unpaired) electrons. The molecule has 1 heterocycles. The van der Waals surface area contributed by atoms with Crippen molar-refractivity contribution in [2.24, 2.45) is 0 Å². The molecule has 17 heavy (non-hydrogen) atoms. The van der Waals surface area contributed by atoms with Crippen LogP contribution in [0.4, 0.5) is 9.18 Å². The van der Waals surface area contributed by atoms with Gasteiger partial charge in [-0.25, -0.2) is 9.18 Å². The van der Waals surface area contributed by atoms with Crippen LogP contribution in [0.25, 0.3) is 0 Å². The highest BCUT2D eigenvalue weighted by molar-refractivity contribution is 5.76. The van der Waals surface area contributed by atoms with Crippen molar-refractivity contribution in [2.45, 2.75) is 6.04 Å². The molecule has 5 heteroatoms. The summed E-state index contributed by atoms with van der Waals surface area (Å²) >= 11 is 0. The smallest absolute Gasteiger partial charge is 0.320 e. The van der Waals surface area contributed by atoms with E-state index in [1.807, 2.05) is 0 Å². The molecule has 0 N–H and O–H groups in total. The highest BCUT2D eigenvalue weighted by Gasteiger charge is 2.33. The molecule has 0 spiro atoms. The fourth-order valence-electron chi connectivity index (χ4n) is 2.08. The van der Waals surface area contributed by atoms with E-state index in [1.165, 1.54) is 13.2 Å². The second kappa shape index (κ2) is 4.24. The van der Waals surface area contributed by atoms with E-state index in [9.17, 15) is 9.18 Å². The van der Waals surface area contributed by atoms with E-state index in [2.05, 4.69) is 0 Å². The summed E-state index contributed by atoms with van der Waals surface area (Å²) in [7, 11) is 4.88. The fourth-order valence-corrected chi connectivity index (χ4v) is 2.08. The monoisotopic (exact) mass is 238 g/mol. The van der Waals surface area contributed by atoms with Gasteiger partial charge in [-0.15, -0.1) is 0 Å². The molecule has 2 amide bonds. The summed E-state index contributed by atoms with van der Waals surface area (Å²) in [4.78, 5) is 14.9. The highest BCUT2D eigenvalue weighted by Crippen LogP contribution is 2.29. The maximum Gasteiger partial charge on any atom is 0.320 e. The number of benzene rings is 1. The van der Waals surface area contributed by atoms with Crippen LogP contribution in [0, 0.1) is 5.82 Å². The molecule has 0 aliphatic carbocycles. The molecule has 4 nitrogen and oxygen atoms in total. The third-order valence-electron chi connectivity index (χ3n) is 3.10. The molecule has 1 unspecified atom stereocenters. The Kier molecular flexibility index (Phi) is 2.92. The van der Waals surface area contributed by atoms with Crippen LogP contribution in [-0.4, -0.2) is 43.6 Å². The predicted octanol–water partition coefficient (Wildman–Crippen LogP) is 1.87. The lowest BCUT2D eigenvalue weighted by atomic mass is 10.1. The first-order valence-corrected chi connectivity index (χ1v) is 5.36. The molecule has 0 saturated carbocycles. The molecule has 92 valence electrons. The maximum absolute atomic E-state index is 13.6. The summed E-state index contributed by atoms with van der Waals surface area (Å²) in [5.41, 5.74) is 0.781. The van der Waals surface area contributed by atoms with E-state index in [1.54, 1.807) is 36.0 Å². The van der Waals surface area contributed by atoms with Gasteiger partial charge in [-0.05, 0) is 17.7 Å². The number of urea groups is 1. The van der Waals surface area contributed by atoms with Crippen LogP contribution >= 0.6 is 0 Å². The zero-order valence-electron chi connectivity index (χ0n) is 10.1. The Morgan fingerprint density at radius 3 is 2.59 bits per heavy atom. The molecule has 1 saturated heterocycles. The Morgan fingerprint density at radius 1 is 1.41 bits per heavy atom. The Balaban J connectivity index is 2.29. The van der Waals surface area contributed by atoms with Crippen LogP contribution in [0.1, 0.15) is 11.6 Å². The van der Waals surface area contributed by atoms with Gasteiger partial charge in [0.15, 0.2) is 11.6 Å². The average molecular weight is 238 g/mol. The highest BCUT2D eigenvalue weighted by atomic mass is 19.1. The number of rotatable bonds is 2. The van der Waals surface area contributed by atoms with Crippen LogP contribution in [0.15, 0.2) is 18.2 Å². The van der Waals surface area contributed by atoms with Crippen molar-refractivity contribution >= 4 is 6.03 Å². The topological polar surface area (TPSA) is 32.8 Å². The number of nitrogens with zero attached hydrogens (tertiary/aromatic N) is 2. The number of amides is 2. The normalized spacial score (nSPS) is 20.0. The van der Waals surface area contributed by atoms with Gasteiger partial charge in [0.2, 0.25) is 0 Å². The zero-order chi connectivity index (χ0) is 12.6. The van der Waals surface area contributed by atoms with Gasteiger partial charge in [0.25, 0.3) is 0 Å². The minimum atomic E-state index is -0.402. The molecular weight excluding hydrogens is 223 g/mol. The van der Waals surface area contributed by atoms with Crippen molar-refractivity contribution in [3.8, 4) is 5.75 Å². The van der Waals surface area contributed by atoms with Crippen LogP contribution in [0.5, 0.6) is 5.75 Å². The molecule has 2 rings (SSSR count). The summed E-state index contributed by atoms with van der Waals surface area (Å²) < 4.78 is 18.4. The number of ether oxygens (including phenoxy) is 1. The second-order valence-electron chi connectivity index (χ2n) is 4.18. The van der Waals surface area contributed by atoms with Crippen molar-refractivity contribution < 1.29 is 13.9 Å². The number of halogens is 1. The number of carbonyl (C=O) groups excluding carboxylic acids is 1. The van der Waals surface area contributed by atoms with Crippen molar-refractivity contribution in [1.82, 2.24) is 9.80 Å². The SMILES string of the molecule is COc1ccc(C2CN(C)C(=O)N2C)cc1F. The Morgan fingerprint density at radius 2 is 2.12 bits per heavy atom. The Hall–Kier alpha value is -1.78. The Bertz CT molecular complexity index is 450. The molecule has 1 aromatic rings. The molecule has 1 fully saturated rings. The lowest BCUT2D eigenvalue weighted by molar-refractivity contribution is 0.201. The molecule has 1 aliphatic heterocycles. The average Bonchev–Trinajstić information content (AvgIpc) is 2.57. The van der Waals surface area contributed by atoms with Gasteiger partial charge in [-0.1, -0.05) is 6.07 Å². The van der Waals surface area contributed by atoms with Gasteiger partial charge in [-0.2, -0.15) is 0 Å². The Labute approximate surface area is 99.6 Å². The van der Waals surface area contributed by atoms with Gasteiger partial charge in [0.1, 0.15) is 0 Å². The van der Waals surface area contributed by atoms with E-state index in [0.29, 0.717) is 6.54 Å². The van der Waals surface area contributed by atoms with Crippen molar-refractivity contribution in [3.63, 3.8) is 0 Å². The van der Waals surface area contributed by atoms with Crippen molar-refractivity contribution in [1.29, 1.82) is 0 Å². The van der Waals surface area contributed by atoms with E-state index in [4.69, 9.17) is 4.74 Å². The third kappa shape index (κ3) is 1.92. The predicted molar refractivity (Wildman–Crippen MR) is 61.5 cm³/mol. The molecule has 1 aliphatic rings. The summed E-state index contributed by atoms with van der Waals surface area (Å²) in [6, 6.07) is 4.64. The molecule has 1 atom stereocenters. The van der Waals surface area contributed by atoms with Crippen molar-refractivity contribution in [3.05, 3.63) is 29.6 Å². The second-order valence-corrected chi connectivity index (χ2v) is 4.18. The number of methoxy groups -OCH3 is 1. The van der Waals surface area contributed by atoms with Gasteiger partial charge in [-0.3, -0.25) is 0 Å². The van der Waals surface area contributed by atoms with Crippen molar-refractivity contribution in [2.75, 3.05) is 27.7 Å². The lowest BCUT2D eigenvalue weighted by Gasteiger charge is -2.18. The first-order valence-electron chi connectivity index (χ1n) is 5.36. The van der Waals surface area contributed by atoms with E-state index >= 15 is 0 Å². The van der Waals surface area contributed by atoms with Gasteiger partial charge in [0, 0.05) is 20.6 Å². The molecule has 0 bridgehead atoms. The quantitative estimate of drug-likeness (QED) is 0.788. The number of hydrogen-bond acceptors (Lipinski definition) is 2. The lowest BCUT2D eigenvalue weighted by Crippen LogP contribution is -2.26. The number of likely N-dealkylation sites (N-methyl/N-ethyl adjacent to an activating group) is 2. The number of hydrogen-bond donors (Lipinski definition) is 0. The standard InChI is InChI=1S/C12H15FN2O2/c1-14-7-10(15(2)12(14)16)8-4-5-11(17-3)9(13)6-8/h4-6,10H,7H2,1-3H3. The van der Waals surface area contributed by atoms with Gasteiger partial charge < -0.3 is 14.5 Å². The zero-order valence-corrected chi connectivity index (χ0v) is 10.1. The third-order valence-corrected chi connectivity index (χ3v) is 3.10. The van der Waals surface area contributed by atoms with Crippen LogP contribution in [0.2, 0.25) is 0 Å². The maximum atomic E-state index is 13.6.